The molecular formula is C6H6Cl6FNO2Sb+3. The van der Waals surface area contributed by atoms with Crippen LogP contribution in [-0.4, -0.2) is 61.8 Å². The quantitative estimate of drug-likeness (QED) is 0.176. The predicted molar refractivity (Wildman–Crippen MR) is 71.7 cm³/mol. The largest absolute Gasteiger partial charge is 3.00 e. The molecule has 0 aromatic rings. The first kappa shape index (κ1) is 21.2. The first-order valence-corrected chi connectivity index (χ1v) is 6.46. The van der Waals surface area contributed by atoms with Crippen LogP contribution in [0.5, 0.6) is 0 Å². The van der Waals surface area contributed by atoms with Crippen LogP contribution in [0.4, 0.5) is 4.48 Å². The van der Waals surface area contributed by atoms with E-state index in [4.69, 9.17) is 79.7 Å². The van der Waals surface area contributed by atoms with Crippen molar-refractivity contribution in [1.29, 1.82) is 0 Å². The fraction of sp³-hybridized carbons (Fsp3) is 1.00. The molecule has 1 rings (SSSR count). The standard InChI is InChI=1S/C6H6Cl6.FNO2.Sb/c7-1-2(8)4(10)6(12)5(11)3(1)9;1-2(3)4;/h1-6H;;/q;;+3/t1-,2-,3-,4+,5+,6+;;. The van der Waals surface area contributed by atoms with Gasteiger partial charge in [0.15, 0.2) is 4.48 Å². The van der Waals surface area contributed by atoms with Crippen LogP contribution in [0.3, 0.4) is 0 Å². The molecule has 1 aliphatic carbocycles. The number of hydrogen-bond donors (Lipinski definition) is 0. The van der Waals surface area contributed by atoms with Crippen molar-refractivity contribution in [3.8, 4) is 0 Å². The van der Waals surface area contributed by atoms with Gasteiger partial charge in [-0.2, -0.15) is 0 Å². The van der Waals surface area contributed by atoms with Gasteiger partial charge in [-0.05, 0) is 0 Å². The van der Waals surface area contributed by atoms with E-state index >= 15 is 0 Å². The average molecular weight is 478 g/mol. The molecule has 0 spiro atoms. The van der Waals surface area contributed by atoms with E-state index in [1.807, 2.05) is 0 Å². The van der Waals surface area contributed by atoms with E-state index in [0.29, 0.717) is 0 Å². The predicted octanol–water partition coefficient (Wildman–Crippen LogP) is 3.41. The summed E-state index contributed by atoms with van der Waals surface area (Å²) in [5, 5.41) is 3.52. The molecular weight excluding hydrogens is 472 g/mol. The molecule has 1 aliphatic rings. The summed E-state index contributed by atoms with van der Waals surface area (Å²) in [7, 11) is 0. The SMILES string of the molecule is Cl[C@H]1[C@H](Cl)[C@@H](Cl)[C@@H](Cl)[C@H](Cl)[C@H]1Cl.O=[N+]([O-])F.[Sb+3]. The second-order valence-corrected chi connectivity index (χ2v) is 5.90. The van der Waals surface area contributed by atoms with E-state index in [2.05, 4.69) is 0 Å². The molecule has 0 aliphatic heterocycles. The molecule has 0 aromatic heterocycles. The second kappa shape index (κ2) is 9.74. The molecule has 0 aromatic carbocycles. The minimum absolute atomic E-state index is 0. The van der Waals surface area contributed by atoms with Crippen LogP contribution in [0.25, 0.3) is 0 Å². The number of rotatable bonds is 0. The third-order valence-corrected chi connectivity index (χ3v) is 5.86. The zero-order valence-corrected chi connectivity index (χ0v) is 14.9. The molecule has 0 unspecified atom stereocenters. The van der Waals surface area contributed by atoms with Crippen molar-refractivity contribution in [1.82, 2.24) is 0 Å². The molecule has 17 heavy (non-hydrogen) atoms. The van der Waals surface area contributed by atoms with Gasteiger partial charge in [0.1, 0.15) is 0 Å². The van der Waals surface area contributed by atoms with Gasteiger partial charge in [-0.1, -0.05) is 0 Å². The fourth-order valence-electron chi connectivity index (χ4n) is 1.05. The third kappa shape index (κ3) is 6.74. The van der Waals surface area contributed by atoms with Gasteiger partial charge in [0.25, 0.3) is 5.15 Å². The number of hydrogen-bond acceptors (Lipinski definition) is 2. The maximum Gasteiger partial charge on any atom is 3.00 e. The molecule has 1 saturated carbocycles. The topological polar surface area (TPSA) is 43.1 Å². The number of nitrogens with zero attached hydrogens (tertiary/aromatic N) is 1. The summed E-state index contributed by atoms with van der Waals surface area (Å²) in [6.45, 7) is 0. The molecule has 98 valence electrons. The third-order valence-electron chi connectivity index (χ3n) is 1.83. The molecule has 0 N–H and O–H groups in total. The zero-order valence-electron chi connectivity index (χ0n) is 7.82. The van der Waals surface area contributed by atoms with Crippen LogP contribution in [-0.2, 0) is 0 Å². The molecule has 2 radical (unpaired) electrons. The molecule has 0 amide bonds. The first-order chi connectivity index (χ1) is 7.20. The molecule has 3 nitrogen and oxygen atoms in total. The van der Waals surface area contributed by atoms with Gasteiger partial charge >= 0.3 is 24.4 Å². The van der Waals surface area contributed by atoms with Crippen molar-refractivity contribution in [3.05, 3.63) is 10.1 Å². The molecule has 0 atom stereocenters. The summed E-state index contributed by atoms with van der Waals surface area (Å²) in [4.78, 5) is 8.14. The summed E-state index contributed by atoms with van der Waals surface area (Å²) >= 11 is 35.3. The van der Waals surface area contributed by atoms with Crippen molar-refractivity contribution in [3.63, 3.8) is 0 Å². The van der Waals surface area contributed by atoms with Gasteiger partial charge in [0.2, 0.25) is 0 Å². The molecule has 0 heterocycles. The molecule has 0 bridgehead atoms. The number of alkyl halides is 6. The van der Waals surface area contributed by atoms with Crippen LogP contribution in [0.1, 0.15) is 0 Å². The van der Waals surface area contributed by atoms with Crippen LogP contribution in [0.15, 0.2) is 0 Å². The number of halogens is 7. The van der Waals surface area contributed by atoms with Crippen molar-refractivity contribution in [2.24, 2.45) is 0 Å². The Morgan fingerprint density at radius 3 is 0.882 bits per heavy atom. The maximum atomic E-state index is 9.72. The van der Waals surface area contributed by atoms with Crippen LogP contribution in [0.2, 0.25) is 0 Å². The normalized spacial score (nSPS) is 40.6. The zero-order chi connectivity index (χ0) is 13.0. The van der Waals surface area contributed by atoms with Gasteiger partial charge in [0.05, 0.1) is 32.3 Å². The Morgan fingerprint density at radius 1 is 0.765 bits per heavy atom. The van der Waals surface area contributed by atoms with Crippen LogP contribution < -0.4 is 0 Å². The van der Waals surface area contributed by atoms with Crippen LogP contribution in [0, 0.1) is 10.1 Å². The smallest absolute Gasteiger partial charge is 0.219 e. The Balaban J connectivity index is 0. The monoisotopic (exact) mass is 474 g/mol. The van der Waals surface area contributed by atoms with E-state index in [-0.39, 0.29) is 24.4 Å². The van der Waals surface area contributed by atoms with E-state index in [9.17, 15) is 4.48 Å². The Hall–Kier alpha value is 1.89. The van der Waals surface area contributed by atoms with Crippen molar-refractivity contribution in [2.75, 3.05) is 0 Å². The molecule has 11 heteroatoms. The molecule has 0 saturated heterocycles. The Morgan fingerprint density at radius 2 is 0.824 bits per heavy atom. The second-order valence-electron chi connectivity index (χ2n) is 2.88. The van der Waals surface area contributed by atoms with E-state index < -0.39 is 37.4 Å². The van der Waals surface area contributed by atoms with Gasteiger partial charge in [-0.25, -0.2) is 10.1 Å². The van der Waals surface area contributed by atoms with Crippen LogP contribution >= 0.6 is 69.6 Å². The fourth-order valence-corrected chi connectivity index (χ4v) is 3.38. The summed E-state index contributed by atoms with van der Waals surface area (Å²) in [6, 6.07) is 0. The summed E-state index contributed by atoms with van der Waals surface area (Å²) in [6.07, 6.45) is 0. The maximum absolute atomic E-state index is 9.72. The van der Waals surface area contributed by atoms with Crippen molar-refractivity contribution < 1.29 is 9.63 Å². The Labute approximate surface area is 145 Å². The van der Waals surface area contributed by atoms with Gasteiger partial charge in [-0.3, -0.25) is 0 Å². The van der Waals surface area contributed by atoms with Gasteiger partial charge < -0.3 is 0 Å². The van der Waals surface area contributed by atoms with E-state index in [0.717, 1.165) is 0 Å². The van der Waals surface area contributed by atoms with Crippen molar-refractivity contribution in [2.45, 2.75) is 32.3 Å². The Kier molecular flexibility index (Phi) is 12.1. The minimum atomic E-state index is -2.00. The van der Waals surface area contributed by atoms with E-state index in [1.165, 1.54) is 0 Å². The molecule has 1 fully saturated rings. The first-order valence-electron chi connectivity index (χ1n) is 3.84. The van der Waals surface area contributed by atoms with E-state index in [1.54, 1.807) is 0 Å². The summed E-state index contributed by atoms with van der Waals surface area (Å²) < 4.78 is 9.72. The summed E-state index contributed by atoms with van der Waals surface area (Å²) in [5.74, 6) is 0. The average Bonchev–Trinajstić information content (AvgIpc) is 2.20. The minimum Gasteiger partial charge on any atom is -0.219 e. The van der Waals surface area contributed by atoms with Gasteiger partial charge in [0, 0.05) is 0 Å². The number of nitro groups is 1. The Bertz CT molecular complexity index is 190. The summed E-state index contributed by atoms with van der Waals surface area (Å²) in [5.41, 5.74) is 0. The van der Waals surface area contributed by atoms with Gasteiger partial charge in [-0.15, -0.1) is 69.6 Å². The van der Waals surface area contributed by atoms with Crippen molar-refractivity contribution >= 4 is 94.0 Å².